The van der Waals surface area contributed by atoms with Crippen LogP contribution in [0.25, 0.3) is 5.65 Å². The summed E-state index contributed by atoms with van der Waals surface area (Å²) in [6.07, 6.45) is 3.67. The maximum atomic E-state index is 5.07. The summed E-state index contributed by atoms with van der Waals surface area (Å²) in [7, 11) is 0. The molecular weight excluding hydrogens is 447 g/mol. The van der Waals surface area contributed by atoms with Crippen LogP contribution in [0, 0.1) is 0 Å². The lowest BCUT2D eigenvalue weighted by molar-refractivity contribution is 0.758. The Bertz CT molecular complexity index is 745. The van der Waals surface area contributed by atoms with Gasteiger partial charge in [-0.25, -0.2) is 10.8 Å². The number of rotatable bonds is 2. The number of aromatic nitrogens is 4. The molecule has 0 aliphatic carbocycles. The highest BCUT2D eigenvalue weighted by atomic mass is 79.9. The number of nitrogens with zero attached hydrogens (tertiary/aromatic N) is 4. The third-order valence-electron chi connectivity index (χ3n) is 2.78. The Morgan fingerprint density at radius 2 is 1.78 bits per heavy atom. The minimum atomic E-state index is 0. The minimum Gasteiger partial charge on any atom is -0.308 e. The first-order chi connectivity index (χ1) is 10.5. The van der Waals surface area contributed by atoms with Crippen LogP contribution in [0.4, 0.5) is 5.82 Å². The van der Waals surface area contributed by atoms with Crippen molar-refractivity contribution < 1.29 is 0 Å². The number of hydrazine groups is 1. The Morgan fingerprint density at radius 1 is 1.09 bits per heavy atom. The molecule has 0 radical (unpaired) electrons. The van der Waals surface area contributed by atoms with Crippen molar-refractivity contribution in [2.75, 3.05) is 5.43 Å². The van der Waals surface area contributed by atoms with E-state index in [1.54, 1.807) is 12.3 Å². The van der Waals surface area contributed by atoms with Gasteiger partial charge in [-0.05, 0) is 56.1 Å². The SMILES string of the molecule is CC(C)c1nnc2ccc(Br)cn12.Cl.NNc1ccc(Br)cn1. The van der Waals surface area contributed by atoms with E-state index in [9.17, 15) is 0 Å². The summed E-state index contributed by atoms with van der Waals surface area (Å²) >= 11 is 6.67. The molecule has 9 heteroatoms. The molecule has 3 aromatic rings. The second-order valence-corrected chi connectivity index (χ2v) is 6.63. The zero-order chi connectivity index (χ0) is 16.1. The fourth-order valence-corrected chi connectivity index (χ4v) is 2.31. The quantitative estimate of drug-likeness (QED) is 0.440. The molecule has 0 aliphatic rings. The van der Waals surface area contributed by atoms with Gasteiger partial charge in [0.25, 0.3) is 0 Å². The van der Waals surface area contributed by atoms with E-state index in [2.05, 4.69) is 66.3 Å². The van der Waals surface area contributed by atoms with Gasteiger partial charge in [-0.2, -0.15) is 0 Å². The van der Waals surface area contributed by atoms with E-state index < -0.39 is 0 Å². The van der Waals surface area contributed by atoms with Crippen LogP contribution in [0.1, 0.15) is 25.6 Å². The van der Waals surface area contributed by atoms with Crippen LogP contribution in [0.5, 0.6) is 0 Å². The lowest BCUT2D eigenvalue weighted by Crippen LogP contribution is -2.07. The van der Waals surface area contributed by atoms with Gasteiger partial charge in [0, 0.05) is 27.3 Å². The third kappa shape index (κ3) is 5.42. The predicted molar refractivity (Wildman–Crippen MR) is 102 cm³/mol. The van der Waals surface area contributed by atoms with Crippen LogP contribution in [-0.2, 0) is 0 Å². The van der Waals surface area contributed by atoms with E-state index in [0.29, 0.717) is 11.7 Å². The molecule has 3 heterocycles. The highest BCUT2D eigenvalue weighted by molar-refractivity contribution is 9.10. The number of nitrogens with one attached hydrogen (secondary N) is 1. The smallest absolute Gasteiger partial charge is 0.160 e. The monoisotopic (exact) mass is 462 g/mol. The Hall–Kier alpha value is -1.22. The number of pyridine rings is 2. The largest absolute Gasteiger partial charge is 0.308 e. The number of nitrogens with two attached hydrogens (primary N) is 1. The number of anilines is 1. The summed E-state index contributed by atoms with van der Waals surface area (Å²) in [5, 5.41) is 8.20. The molecule has 0 saturated carbocycles. The summed E-state index contributed by atoms with van der Waals surface area (Å²) in [5.74, 6) is 7.13. The molecule has 0 aromatic carbocycles. The molecular formula is C14H17Br2ClN6. The summed E-state index contributed by atoms with van der Waals surface area (Å²) in [6.45, 7) is 4.22. The van der Waals surface area contributed by atoms with E-state index in [-0.39, 0.29) is 12.4 Å². The van der Waals surface area contributed by atoms with Crippen molar-refractivity contribution in [3.63, 3.8) is 0 Å². The van der Waals surface area contributed by atoms with Crippen molar-refractivity contribution in [3.05, 3.63) is 51.4 Å². The van der Waals surface area contributed by atoms with Crippen molar-refractivity contribution in [1.29, 1.82) is 0 Å². The van der Waals surface area contributed by atoms with Crippen molar-refractivity contribution in [2.45, 2.75) is 19.8 Å². The molecule has 0 bridgehead atoms. The van der Waals surface area contributed by atoms with Crippen LogP contribution in [0.15, 0.2) is 45.6 Å². The number of nitrogen functional groups attached to an aromatic ring is 1. The highest BCUT2D eigenvalue weighted by Crippen LogP contribution is 2.16. The molecule has 0 amide bonds. The molecule has 0 atom stereocenters. The van der Waals surface area contributed by atoms with Crippen molar-refractivity contribution in [1.82, 2.24) is 19.6 Å². The standard InChI is InChI=1S/C9H10BrN3.C5H6BrN3.ClH/c1-6(2)9-12-11-8-4-3-7(10)5-13(8)9;6-4-1-2-5(9-7)8-3-4;/h3-6H,1-2H3;1-3H,7H2,(H,8,9);1H. The molecule has 3 N–H and O–H groups in total. The second kappa shape index (κ2) is 9.17. The highest BCUT2D eigenvalue weighted by Gasteiger charge is 2.08. The van der Waals surface area contributed by atoms with Gasteiger partial charge >= 0.3 is 0 Å². The van der Waals surface area contributed by atoms with Crippen molar-refractivity contribution >= 4 is 55.7 Å². The molecule has 3 rings (SSSR count). The lowest BCUT2D eigenvalue weighted by atomic mass is 10.2. The number of hydrogen-bond acceptors (Lipinski definition) is 5. The van der Waals surface area contributed by atoms with Gasteiger partial charge in [0.2, 0.25) is 0 Å². The summed E-state index contributed by atoms with van der Waals surface area (Å²) in [5.41, 5.74) is 3.32. The number of fused-ring (bicyclic) bond motifs is 1. The first kappa shape index (κ1) is 19.8. The zero-order valence-electron chi connectivity index (χ0n) is 12.6. The van der Waals surface area contributed by atoms with E-state index >= 15 is 0 Å². The summed E-state index contributed by atoms with van der Waals surface area (Å²) in [4.78, 5) is 3.91. The summed E-state index contributed by atoms with van der Waals surface area (Å²) in [6, 6.07) is 7.56. The molecule has 6 nitrogen and oxygen atoms in total. The van der Waals surface area contributed by atoms with Gasteiger partial charge in [-0.1, -0.05) is 13.8 Å². The third-order valence-corrected chi connectivity index (χ3v) is 3.72. The first-order valence-corrected chi connectivity index (χ1v) is 8.18. The molecule has 23 heavy (non-hydrogen) atoms. The fourth-order valence-electron chi connectivity index (χ4n) is 1.74. The topological polar surface area (TPSA) is 81.1 Å². The Balaban J connectivity index is 0.000000235. The molecule has 0 spiro atoms. The first-order valence-electron chi connectivity index (χ1n) is 6.59. The molecule has 0 unspecified atom stereocenters. The average Bonchev–Trinajstić information content (AvgIpc) is 2.92. The van der Waals surface area contributed by atoms with Gasteiger partial charge in [0.05, 0.1) is 0 Å². The van der Waals surface area contributed by atoms with E-state index in [1.807, 2.05) is 28.8 Å². The molecule has 3 aromatic heterocycles. The normalized spacial score (nSPS) is 10.0. The van der Waals surface area contributed by atoms with E-state index in [1.165, 1.54) is 0 Å². The van der Waals surface area contributed by atoms with Gasteiger partial charge in [-0.3, -0.25) is 4.40 Å². The average molecular weight is 465 g/mol. The number of halogens is 3. The molecule has 0 fully saturated rings. The zero-order valence-corrected chi connectivity index (χ0v) is 16.6. The van der Waals surface area contributed by atoms with E-state index in [4.69, 9.17) is 5.84 Å². The van der Waals surface area contributed by atoms with E-state index in [0.717, 1.165) is 20.4 Å². The Kier molecular flexibility index (Phi) is 7.90. The van der Waals surface area contributed by atoms with Crippen molar-refractivity contribution in [3.8, 4) is 0 Å². The predicted octanol–water partition coefficient (Wildman–Crippen LogP) is 4.17. The Morgan fingerprint density at radius 3 is 2.35 bits per heavy atom. The second-order valence-electron chi connectivity index (χ2n) is 4.79. The van der Waals surface area contributed by atoms with Crippen LogP contribution >= 0.6 is 44.3 Å². The minimum absolute atomic E-state index is 0. The maximum absolute atomic E-state index is 5.07. The van der Waals surface area contributed by atoms with Crippen LogP contribution in [0.3, 0.4) is 0 Å². The van der Waals surface area contributed by atoms with Crippen molar-refractivity contribution in [2.24, 2.45) is 5.84 Å². The van der Waals surface area contributed by atoms with Crippen LogP contribution in [0.2, 0.25) is 0 Å². The number of hydrogen-bond donors (Lipinski definition) is 2. The fraction of sp³-hybridized carbons (Fsp3) is 0.214. The van der Waals surface area contributed by atoms with Crippen LogP contribution < -0.4 is 11.3 Å². The van der Waals surface area contributed by atoms with Crippen LogP contribution in [-0.4, -0.2) is 19.6 Å². The van der Waals surface area contributed by atoms with Gasteiger partial charge in [0.15, 0.2) is 5.65 Å². The maximum Gasteiger partial charge on any atom is 0.160 e. The van der Waals surface area contributed by atoms with Gasteiger partial charge in [-0.15, -0.1) is 22.6 Å². The molecule has 0 saturated heterocycles. The van der Waals surface area contributed by atoms with Gasteiger partial charge < -0.3 is 5.43 Å². The summed E-state index contributed by atoms with van der Waals surface area (Å²) < 4.78 is 4.00. The van der Waals surface area contributed by atoms with Gasteiger partial charge in [0.1, 0.15) is 11.6 Å². The molecule has 124 valence electrons. The Labute approximate surface area is 157 Å². The molecule has 0 aliphatic heterocycles. The lowest BCUT2D eigenvalue weighted by Gasteiger charge is -2.01.